The number of hydrogen-bond donors (Lipinski definition) is 1. The van der Waals surface area contributed by atoms with Crippen molar-refractivity contribution in [2.24, 2.45) is 17.8 Å². The van der Waals surface area contributed by atoms with Crippen molar-refractivity contribution in [3.8, 4) is 0 Å². The molecule has 23 heavy (non-hydrogen) atoms. The fourth-order valence-electron chi connectivity index (χ4n) is 3.96. The van der Waals surface area contributed by atoms with E-state index in [1.807, 2.05) is 0 Å². The summed E-state index contributed by atoms with van der Waals surface area (Å²) < 4.78 is 12.8. The summed E-state index contributed by atoms with van der Waals surface area (Å²) in [6, 6.07) is 0.529. The third-order valence-electron chi connectivity index (χ3n) is 5.37. The predicted octanol–water partition coefficient (Wildman–Crippen LogP) is 6.07. The summed E-state index contributed by atoms with van der Waals surface area (Å²) in [6.45, 7) is 11.1. The predicted molar refractivity (Wildman–Crippen MR) is 100 cm³/mol. The Balaban J connectivity index is 2.95. The number of rotatable bonds is 11. The topological polar surface area (TPSA) is 12.0 Å². The number of halogens is 1. The molecule has 0 amide bonds. The molecule has 0 heterocycles. The van der Waals surface area contributed by atoms with Gasteiger partial charge in [-0.2, -0.15) is 0 Å². The monoisotopic (exact) mass is 323 g/mol. The molecule has 0 radical (unpaired) electrons. The van der Waals surface area contributed by atoms with E-state index in [-0.39, 0.29) is 6.67 Å². The highest BCUT2D eigenvalue weighted by atomic mass is 19.1. The normalized spacial score (nSPS) is 26.1. The van der Waals surface area contributed by atoms with Crippen molar-refractivity contribution in [1.82, 2.24) is 5.32 Å². The van der Waals surface area contributed by atoms with Gasteiger partial charge in [0.25, 0.3) is 0 Å². The number of likely N-dealkylation sites (N-methyl/N-ethyl adjacent to an activating group) is 1. The highest BCUT2D eigenvalue weighted by Crippen LogP contribution is 2.48. The molecule has 0 aromatic heterocycles. The number of allylic oxidation sites excluding steroid dienone is 3. The maximum Gasteiger partial charge on any atom is 0.0897 e. The molecule has 1 N–H and O–H groups in total. The highest BCUT2D eigenvalue weighted by Gasteiger charge is 2.45. The van der Waals surface area contributed by atoms with Crippen LogP contribution in [0.3, 0.4) is 0 Å². The van der Waals surface area contributed by atoms with Crippen LogP contribution in [0.25, 0.3) is 0 Å². The van der Waals surface area contributed by atoms with Crippen LogP contribution in [0.1, 0.15) is 73.1 Å². The highest BCUT2D eigenvalue weighted by molar-refractivity contribution is 5.41. The number of alkyl halides is 1. The van der Waals surface area contributed by atoms with E-state index in [9.17, 15) is 4.39 Å². The lowest BCUT2D eigenvalue weighted by atomic mass is 9.91. The fourth-order valence-corrected chi connectivity index (χ4v) is 3.96. The molecule has 2 heteroatoms. The Morgan fingerprint density at radius 2 is 2.00 bits per heavy atom. The molecule has 134 valence electrons. The van der Waals surface area contributed by atoms with E-state index >= 15 is 0 Å². The molecule has 1 fully saturated rings. The van der Waals surface area contributed by atoms with Crippen molar-refractivity contribution >= 4 is 0 Å². The third-order valence-corrected chi connectivity index (χ3v) is 5.37. The van der Waals surface area contributed by atoms with Crippen molar-refractivity contribution in [3.05, 3.63) is 22.8 Å². The molecule has 0 spiro atoms. The Bertz CT molecular complexity index is 410. The van der Waals surface area contributed by atoms with Crippen LogP contribution in [0.5, 0.6) is 0 Å². The molecular weight excluding hydrogens is 285 g/mol. The fraction of sp³-hybridized carbons (Fsp3) is 0.810. The van der Waals surface area contributed by atoms with Gasteiger partial charge in [0.15, 0.2) is 0 Å². The van der Waals surface area contributed by atoms with E-state index in [0.29, 0.717) is 24.3 Å². The number of nitrogens with one attached hydrogen (secondary N) is 1. The summed E-state index contributed by atoms with van der Waals surface area (Å²) in [5, 5.41) is 3.49. The molecule has 1 saturated carbocycles. The molecule has 1 aliphatic carbocycles. The second-order valence-electron chi connectivity index (χ2n) is 7.43. The second kappa shape index (κ2) is 10.3. The maximum absolute atomic E-state index is 12.8. The van der Waals surface area contributed by atoms with Gasteiger partial charge in [-0.3, -0.25) is 4.39 Å². The van der Waals surface area contributed by atoms with Crippen LogP contribution in [0.4, 0.5) is 4.39 Å². The van der Waals surface area contributed by atoms with Crippen LogP contribution < -0.4 is 5.32 Å². The van der Waals surface area contributed by atoms with Crippen LogP contribution in [0, 0.1) is 17.8 Å². The molecule has 1 nitrogen and oxygen atoms in total. The molecule has 1 rings (SSSR count). The standard InChI is InChI=1S/C21H38FN/c1-7-10-16(4)14-19-20(21(19)23-6)18(11-9-12-22)17(5)13-15(3)8-2/h13,16-17,19,21,23H,7-12,14H2,1-6H3. The van der Waals surface area contributed by atoms with Crippen LogP contribution in [-0.4, -0.2) is 19.8 Å². The first-order valence-corrected chi connectivity index (χ1v) is 9.63. The lowest BCUT2D eigenvalue weighted by molar-refractivity contribution is 0.449. The molecular formula is C21H38FN. The van der Waals surface area contributed by atoms with E-state index in [4.69, 9.17) is 0 Å². The average molecular weight is 324 g/mol. The van der Waals surface area contributed by atoms with E-state index in [0.717, 1.165) is 18.8 Å². The first-order valence-electron chi connectivity index (χ1n) is 9.63. The van der Waals surface area contributed by atoms with Gasteiger partial charge in [0.05, 0.1) is 6.67 Å². The summed E-state index contributed by atoms with van der Waals surface area (Å²) in [5.74, 6) is 1.90. The van der Waals surface area contributed by atoms with Gasteiger partial charge >= 0.3 is 0 Å². The Kier molecular flexibility index (Phi) is 9.12. The zero-order chi connectivity index (χ0) is 17.4. The van der Waals surface area contributed by atoms with Gasteiger partial charge in [-0.05, 0) is 57.1 Å². The SMILES string of the molecule is CCCC(C)CC1C(=C(CCCF)C(C)C=C(C)CC)C1NC. The molecule has 0 aliphatic heterocycles. The third kappa shape index (κ3) is 6.06. The zero-order valence-corrected chi connectivity index (χ0v) is 16.2. The van der Waals surface area contributed by atoms with Gasteiger partial charge in [-0.15, -0.1) is 0 Å². The minimum atomic E-state index is -0.207. The molecule has 0 aromatic rings. The van der Waals surface area contributed by atoms with Crippen LogP contribution in [0.2, 0.25) is 0 Å². The van der Waals surface area contributed by atoms with Crippen LogP contribution >= 0.6 is 0 Å². The molecule has 0 saturated heterocycles. The van der Waals surface area contributed by atoms with E-state index in [1.165, 1.54) is 30.4 Å². The van der Waals surface area contributed by atoms with E-state index < -0.39 is 0 Å². The van der Waals surface area contributed by atoms with Crippen molar-refractivity contribution in [2.75, 3.05) is 13.7 Å². The summed E-state index contributed by atoms with van der Waals surface area (Å²) in [4.78, 5) is 0. The van der Waals surface area contributed by atoms with Crippen molar-refractivity contribution in [1.29, 1.82) is 0 Å². The molecule has 4 unspecified atom stereocenters. The number of hydrogen-bond acceptors (Lipinski definition) is 1. The van der Waals surface area contributed by atoms with Gasteiger partial charge in [-0.1, -0.05) is 57.8 Å². The summed E-state index contributed by atoms with van der Waals surface area (Å²) >= 11 is 0. The van der Waals surface area contributed by atoms with E-state index in [2.05, 4.69) is 53.1 Å². The molecule has 0 bridgehead atoms. The van der Waals surface area contributed by atoms with Crippen molar-refractivity contribution in [3.63, 3.8) is 0 Å². The van der Waals surface area contributed by atoms with Crippen LogP contribution in [0.15, 0.2) is 22.8 Å². The van der Waals surface area contributed by atoms with Crippen LogP contribution in [-0.2, 0) is 0 Å². The molecule has 0 aromatic carbocycles. The zero-order valence-electron chi connectivity index (χ0n) is 16.2. The first kappa shape index (κ1) is 20.4. The van der Waals surface area contributed by atoms with Gasteiger partial charge in [0.2, 0.25) is 0 Å². The largest absolute Gasteiger partial charge is 0.313 e. The maximum atomic E-state index is 12.8. The first-order chi connectivity index (χ1) is 11.0. The minimum absolute atomic E-state index is 0.207. The Hall–Kier alpha value is -0.630. The van der Waals surface area contributed by atoms with Gasteiger partial charge in [-0.25, -0.2) is 0 Å². The van der Waals surface area contributed by atoms with Gasteiger partial charge in [0, 0.05) is 12.0 Å². The Labute approximate surface area is 143 Å². The lowest BCUT2D eigenvalue weighted by Gasteiger charge is -2.14. The quantitative estimate of drug-likeness (QED) is 0.455. The summed E-state index contributed by atoms with van der Waals surface area (Å²) in [5.41, 5.74) is 4.54. The van der Waals surface area contributed by atoms with Crippen molar-refractivity contribution < 1.29 is 4.39 Å². The summed E-state index contributed by atoms with van der Waals surface area (Å²) in [6.07, 6.45) is 8.91. The second-order valence-corrected chi connectivity index (χ2v) is 7.43. The lowest BCUT2D eigenvalue weighted by Crippen LogP contribution is -2.12. The smallest absolute Gasteiger partial charge is 0.0897 e. The van der Waals surface area contributed by atoms with Gasteiger partial charge < -0.3 is 5.32 Å². The van der Waals surface area contributed by atoms with E-state index in [1.54, 1.807) is 5.57 Å². The summed E-state index contributed by atoms with van der Waals surface area (Å²) in [7, 11) is 2.07. The molecule has 4 atom stereocenters. The Morgan fingerprint density at radius 3 is 2.52 bits per heavy atom. The van der Waals surface area contributed by atoms with Gasteiger partial charge in [0.1, 0.15) is 0 Å². The molecule has 1 aliphatic rings. The average Bonchev–Trinajstić information content (AvgIpc) is 3.19. The minimum Gasteiger partial charge on any atom is -0.313 e. The Morgan fingerprint density at radius 1 is 1.30 bits per heavy atom. The van der Waals surface area contributed by atoms with Crippen molar-refractivity contribution in [2.45, 2.75) is 79.2 Å².